The van der Waals surface area contributed by atoms with Crippen LogP contribution in [0.3, 0.4) is 0 Å². The van der Waals surface area contributed by atoms with Gasteiger partial charge in [-0.25, -0.2) is 0 Å². The van der Waals surface area contributed by atoms with Gasteiger partial charge >= 0.3 is 5.97 Å². The predicted octanol–water partition coefficient (Wildman–Crippen LogP) is 1.89. The van der Waals surface area contributed by atoms with E-state index in [4.69, 9.17) is 10.8 Å². The largest absolute Gasteiger partial charge is 0.508 e. The van der Waals surface area contributed by atoms with Crippen LogP contribution in [0.25, 0.3) is 0 Å². The van der Waals surface area contributed by atoms with Crippen LogP contribution < -0.4 is 5.73 Å². The number of carboxylic acid groups (broad SMARTS) is 1. The lowest BCUT2D eigenvalue weighted by molar-refractivity contribution is -0.142. The first kappa shape index (κ1) is 15.3. The number of nitrogens with two attached hydrogens (primary N) is 1. The van der Waals surface area contributed by atoms with E-state index < -0.39 is 11.9 Å². The van der Waals surface area contributed by atoms with Crippen LogP contribution in [-0.4, -0.2) is 27.8 Å². The molecule has 1 aromatic carbocycles. The molecule has 0 radical (unpaired) electrons. The number of aliphatic carboxylic acids is 1. The minimum Gasteiger partial charge on any atom is -0.508 e. The molecule has 19 heavy (non-hydrogen) atoms. The summed E-state index contributed by atoms with van der Waals surface area (Å²) in [7, 11) is 0. The zero-order valence-corrected chi connectivity index (χ0v) is 11.2. The van der Waals surface area contributed by atoms with E-state index in [-0.39, 0.29) is 29.9 Å². The van der Waals surface area contributed by atoms with Gasteiger partial charge < -0.3 is 21.1 Å². The fraction of sp³-hybridized carbons (Fsp3) is 0.500. The second-order valence-corrected chi connectivity index (χ2v) is 4.98. The lowest BCUT2D eigenvalue weighted by Crippen LogP contribution is -2.26. The van der Waals surface area contributed by atoms with E-state index in [0.29, 0.717) is 12.0 Å². The van der Waals surface area contributed by atoms with E-state index in [1.807, 2.05) is 13.8 Å². The van der Waals surface area contributed by atoms with Gasteiger partial charge in [0.25, 0.3) is 0 Å². The van der Waals surface area contributed by atoms with Gasteiger partial charge in [0.05, 0.1) is 5.92 Å². The summed E-state index contributed by atoms with van der Waals surface area (Å²) < 4.78 is 0. The van der Waals surface area contributed by atoms with Gasteiger partial charge in [-0.2, -0.15) is 0 Å². The second kappa shape index (κ2) is 6.43. The lowest BCUT2D eigenvalue weighted by Gasteiger charge is -2.24. The number of carboxylic acids is 1. The highest BCUT2D eigenvalue weighted by molar-refractivity contribution is 5.70. The Morgan fingerprint density at radius 3 is 2.21 bits per heavy atom. The zero-order valence-electron chi connectivity index (χ0n) is 11.2. The molecule has 5 nitrogen and oxygen atoms in total. The zero-order chi connectivity index (χ0) is 14.6. The summed E-state index contributed by atoms with van der Waals surface area (Å²) in [6, 6.07) is 4.58. The molecule has 1 aromatic rings. The Morgan fingerprint density at radius 2 is 1.79 bits per heavy atom. The van der Waals surface area contributed by atoms with E-state index in [0.717, 1.165) is 0 Å². The van der Waals surface area contributed by atoms with Gasteiger partial charge in [0.15, 0.2) is 0 Å². The number of carbonyl (C=O) groups is 1. The molecule has 0 aliphatic carbocycles. The van der Waals surface area contributed by atoms with Crippen LogP contribution in [0.15, 0.2) is 18.2 Å². The molecular formula is C14H21NO4. The highest BCUT2D eigenvalue weighted by Gasteiger charge is 2.25. The number of aromatic hydroxyl groups is 2. The Hall–Kier alpha value is -1.75. The maximum Gasteiger partial charge on any atom is 0.307 e. The number of rotatable bonds is 6. The molecule has 0 amide bonds. The Balaban J connectivity index is 2.87. The van der Waals surface area contributed by atoms with Crippen LogP contribution >= 0.6 is 0 Å². The van der Waals surface area contributed by atoms with E-state index in [9.17, 15) is 15.0 Å². The first-order valence-electron chi connectivity index (χ1n) is 6.32. The molecule has 0 aliphatic heterocycles. The summed E-state index contributed by atoms with van der Waals surface area (Å²) in [5, 5.41) is 28.6. The first-order chi connectivity index (χ1) is 8.88. The molecule has 0 saturated heterocycles. The van der Waals surface area contributed by atoms with Gasteiger partial charge in [-0.3, -0.25) is 4.79 Å². The normalized spacial score (nSPS) is 15.7. The Kier molecular flexibility index (Phi) is 5.18. The fourth-order valence-corrected chi connectivity index (χ4v) is 2.24. The van der Waals surface area contributed by atoms with Crippen molar-refractivity contribution < 1.29 is 20.1 Å². The van der Waals surface area contributed by atoms with Crippen molar-refractivity contribution in [3.63, 3.8) is 0 Å². The molecule has 1 rings (SSSR count). The summed E-state index contributed by atoms with van der Waals surface area (Å²) in [4.78, 5) is 11.0. The van der Waals surface area contributed by atoms with Crippen LogP contribution in [0.4, 0.5) is 0 Å². The van der Waals surface area contributed by atoms with Crippen LogP contribution in [0.5, 0.6) is 11.5 Å². The van der Waals surface area contributed by atoms with Crippen molar-refractivity contribution >= 4 is 5.97 Å². The van der Waals surface area contributed by atoms with E-state index in [1.54, 1.807) is 6.07 Å². The minimum atomic E-state index is -0.914. The summed E-state index contributed by atoms with van der Waals surface area (Å²) in [6.07, 6.45) is 0.404. The van der Waals surface area contributed by atoms with Crippen molar-refractivity contribution in [2.75, 3.05) is 6.54 Å². The number of hydrogen-bond donors (Lipinski definition) is 4. The van der Waals surface area contributed by atoms with Crippen molar-refractivity contribution in [3.05, 3.63) is 23.8 Å². The Bertz CT molecular complexity index is 427. The third-order valence-electron chi connectivity index (χ3n) is 3.66. The Morgan fingerprint density at radius 1 is 1.26 bits per heavy atom. The standard InChI is InChI=1S/C14H21NO4/c1-8(6-10(7-15)14(18)19)9(2)13-11(16)4-3-5-12(13)17/h3-5,8-10,16-17H,6-7,15H2,1-2H3,(H,18,19). The third-order valence-corrected chi connectivity index (χ3v) is 3.66. The SMILES string of the molecule is CC(CC(CN)C(=O)O)C(C)c1c(O)cccc1O. The highest BCUT2D eigenvalue weighted by Crippen LogP contribution is 2.39. The number of phenolic OH excluding ortho intramolecular Hbond substituents is 2. The van der Waals surface area contributed by atoms with E-state index >= 15 is 0 Å². The second-order valence-electron chi connectivity index (χ2n) is 4.98. The smallest absolute Gasteiger partial charge is 0.307 e. The number of phenols is 2. The summed E-state index contributed by atoms with van der Waals surface area (Å²) in [5.74, 6) is -1.65. The molecule has 5 N–H and O–H groups in total. The molecule has 3 atom stereocenters. The maximum atomic E-state index is 11.0. The monoisotopic (exact) mass is 267 g/mol. The van der Waals surface area contributed by atoms with Crippen molar-refractivity contribution in [2.24, 2.45) is 17.6 Å². The summed E-state index contributed by atoms with van der Waals surface area (Å²) >= 11 is 0. The fourth-order valence-electron chi connectivity index (χ4n) is 2.24. The average molecular weight is 267 g/mol. The molecule has 0 spiro atoms. The molecule has 0 saturated carbocycles. The number of hydrogen-bond acceptors (Lipinski definition) is 4. The molecule has 0 aliphatic rings. The highest BCUT2D eigenvalue weighted by atomic mass is 16.4. The molecule has 3 unspecified atom stereocenters. The first-order valence-corrected chi connectivity index (χ1v) is 6.32. The van der Waals surface area contributed by atoms with Gasteiger partial charge in [0, 0.05) is 12.1 Å². The lowest BCUT2D eigenvalue weighted by atomic mass is 9.82. The molecule has 0 bridgehead atoms. The molecular weight excluding hydrogens is 246 g/mol. The average Bonchev–Trinajstić information content (AvgIpc) is 2.34. The van der Waals surface area contributed by atoms with Crippen molar-refractivity contribution in [2.45, 2.75) is 26.2 Å². The van der Waals surface area contributed by atoms with Crippen LogP contribution in [0.2, 0.25) is 0 Å². The summed E-state index contributed by atoms with van der Waals surface area (Å²) in [6.45, 7) is 3.83. The predicted molar refractivity (Wildman–Crippen MR) is 72.1 cm³/mol. The Labute approximate surface area is 112 Å². The van der Waals surface area contributed by atoms with E-state index in [2.05, 4.69) is 0 Å². The van der Waals surface area contributed by atoms with Gasteiger partial charge in [-0.15, -0.1) is 0 Å². The molecule has 0 aromatic heterocycles. The van der Waals surface area contributed by atoms with Crippen molar-refractivity contribution in [1.29, 1.82) is 0 Å². The molecule has 0 fully saturated rings. The van der Waals surface area contributed by atoms with Crippen molar-refractivity contribution in [3.8, 4) is 11.5 Å². The third kappa shape index (κ3) is 3.61. The van der Waals surface area contributed by atoms with Crippen LogP contribution in [-0.2, 0) is 4.79 Å². The van der Waals surface area contributed by atoms with Crippen LogP contribution in [0, 0.1) is 11.8 Å². The quantitative estimate of drug-likeness (QED) is 0.630. The topological polar surface area (TPSA) is 104 Å². The van der Waals surface area contributed by atoms with Crippen molar-refractivity contribution in [1.82, 2.24) is 0 Å². The van der Waals surface area contributed by atoms with Crippen LogP contribution in [0.1, 0.15) is 31.7 Å². The summed E-state index contributed by atoms with van der Waals surface area (Å²) in [5.41, 5.74) is 5.90. The maximum absolute atomic E-state index is 11.0. The molecule has 0 heterocycles. The van der Waals surface area contributed by atoms with Gasteiger partial charge in [-0.05, 0) is 30.4 Å². The number of benzene rings is 1. The van der Waals surface area contributed by atoms with Gasteiger partial charge in [0.1, 0.15) is 11.5 Å². The van der Waals surface area contributed by atoms with E-state index in [1.165, 1.54) is 12.1 Å². The molecule has 106 valence electrons. The molecule has 5 heteroatoms. The minimum absolute atomic E-state index is 0.0242. The van der Waals surface area contributed by atoms with Gasteiger partial charge in [0.2, 0.25) is 0 Å². The van der Waals surface area contributed by atoms with Gasteiger partial charge in [-0.1, -0.05) is 19.9 Å².